The molecule has 2 heterocycles. The van der Waals surface area contributed by atoms with E-state index in [-0.39, 0.29) is 29.1 Å². The Balaban J connectivity index is 1.67. The molecule has 0 saturated carbocycles. The summed E-state index contributed by atoms with van der Waals surface area (Å²) in [6, 6.07) is 15.5. The van der Waals surface area contributed by atoms with Crippen LogP contribution in [0.3, 0.4) is 0 Å². The number of nitrogen functional groups attached to an aromatic ring is 1. The van der Waals surface area contributed by atoms with E-state index < -0.39 is 0 Å². The molecule has 0 fully saturated rings. The van der Waals surface area contributed by atoms with Crippen LogP contribution in [-0.4, -0.2) is 21.6 Å². The van der Waals surface area contributed by atoms with Gasteiger partial charge >= 0.3 is 0 Å². The van der Waals surface area contributed by atoms with Gasteiger partial charge in [0.2, 0.25) is 5.91 Å². The van der Waals surface area contributed by atoms with Crippen molar-refractivity contribution in [3.05, 3.63) is 70.0 Å². The van der Waals surface area contributed by atoms with Crippen molar-refractivity contribution in [3.8, 4) is 6.07 Å². The molecule has 3 N–H and O–H groups in total. The number of anilines is 1. The van der Waals surface area contributed by atoms with E-state index in [0.29, 0.717) is 5.16 Å². The first-order chi connectivity index (χ1) is 12.7. The van der Waals surface area contributed by atoms with Gasteiger partial charge in [0.25, 0.3) is 0 Å². The van der Waals surface area contributed by atoms with Gasteiger partial charge < -0.3 is 11.1 Å². The second kappa shape index (κ2) is 8.47. The van der Waals surface area contributed by atoms with Gasteiger partial charge in [-0.05, 0) is 17.0 Å². The number of hydrogen-bond acceptors (Lipinski definition) is 7. The van der Waals surface area contributed by atoms with Crippen LogP contribution in [0.2, 0.25) is 0 Å². The molecule has 0 spiro atoms. The Hall–Kier alpha value is -2.89. The summed E-state index contributed by atoms with van der Waals surface area (Å²) in [5.74, 6) is 0.134. The van der Waals surface area contributed by atoms with E-state index in [9.17, 15) is 4.79 Å². The number of nitriles is 1. The maximum absolute atomic E-state index is 12.4. The number of carbonyl (C=O) groups is 1. The Labute approximate surface area is 159 Å². The molecular weight excluding hydrogens is 366 g/mol. The Morgan fingerprint density at radius 1 is 1.31 bits per heavy atom. The summed E-state index contributed by atoms with van der Waals surface area (Å²) in [4.78, 5) is 21.6. The highest BCUT2D eigenvalue weighted by atomic mass is 32.2. The zero-order chi connectivity index (χ0) is 18.4. The lowest BCUT2D eigenvalue weighted by Crippen LogP contribution is -2.30. The first-order valence-electron chi connectivity index (χ1n) is 7.70. The van der Waals surface area contributed by atoms with E-state index in [1.54, 1.807) is 11.3 Å². The monoisotopic (exact) mass is 381 g/mol. The van der Waals surface area contributed by atoms with Crippen LogP contribution in [0.1, 0.15) is 22.0 Å². The molecule has 0 saturated heterocycles. The van der Waals surface area contributed by atoms with E-state index in [0.717, 1.165) is 10.4 Å². The number of rotatable bonds is 6. The molecule has 1 amide bonds. The predicted octanol–water partition coefficient (Wildman–Crippen LogP) is 2.99. The Bertz CT molecular complexity index is 923. The van der Waals surface area contributed by atoms with Gasteiger partial charge in [-0.2, -0.15) is 5.26 Å². The van der Waals surface area contributed by atoms with Crippen LogP contribution in [0.5, 0.6) is 0 Å². The summed E-state index contributed by atoms with van der Waals surface area (Å²) in [5.41, 5.74) is 6.92. The molecule has 2 aromatic heterocycles. The number of nitrogens with two attached hydrogens (primary N) is 1. The van der Waals surface area contributed by atoms with Crippen molar-refractivity contribution in [2.24, 2.45) is 0 Å². The van der Waals surface area contributed by atoms with Crippen molar-refractivity contribution < 1.29 is 4.79 Å². The van der Waals surface area contributed by atoms with Gasteiger partial charge in [-0.25, -0.2) is 9.97 Å². The van der Waals surface area contributed by atoms with Gasteiger partial charge in [0.05, 0.1) is 18.0 Å². The number of benzene rings is 1. The third kappa shape index (κ3) is 4.39. The summed E-state index contributed by atoms with van der Waals surface area (Å²) in [6.45, 7) is 0. The van der Waals surface area contributed by atoms with Crippen LogP contribution < -0.4 is 11.1 Å². The van der Waals surface area contributed by atoms with Crippen LogP contribution in [-0.2, 0) is 4.79 Å². The number of hydrogen-bond donors (Lipinski definition) is 2. The quantitative estimate of drug-likeness (QED) is 0.502. The average Bonchev–Trinajstić information content (AvgIpc) is 3.19. The van der Waals surface area contributed by atoms with Crippen molar-refractivity contribution in [1.82, 2.24) is 15.3 Å². The van der Waals surface area contributed by atoms with Crippen LogP contribution in [0, 0.1) is 11.3 Å². The van der Waals surface area contributed by atoms with Crippen LogP contribution >= 0.6 is 23.1 Å². The second-order valence-electron chi connectivity index (χ2n) is 5.28. The molecule has 0 aliphatic heterocycles. The van der Waals surface area contributed by atoms with E-state index in [2.05, 4.69) is 15.3 Å². The fourth-order valence-corrected chi connectivity index (χ4v) is 3.72. The molecule has 1 aromatic carbocycles. The summed E-state index contributed by atoms with van der Waals surface area (Å²) in [7, 11) is 0. The van der Waals surface area contributed by atoms with E-state index in [4.69, 9.17) is 11.0 Å². The highest BCUT2D eigenvalue weighted by molar-refractivity contribution is 7.99. The molecule has 3 rings (SSSR count). The molecule has 3 aromatic rings. The van der Waals surface area contributed by atoms with Crippen LogP contribution in [0.4, 0.5) is 5.82 Å². The molecule has 6 nitrogen and oxygen atoms in total. The lowest BCUT2D eigenvalue weighted by atomic mass is 10.1. The molecule has 8 heteroatoms. The van der Waals surface area contributed by atoms with E-state index >= 15 is 0 Å². The zero-order valence-corrected chi connectivity index (χ0v) is 15.3. The first kappa shape index (κ1) is 17.9. The lowest BCUT2D eigenvalue weighted by molar-refractivity contribution is -0.119. The van der Waals surface area contributed by atoms with Gasteiger partial charge in [-0.1, -0.05) is 48.2 Å². The van der Waals surface area contributed by atoms with Crippen LogP contribution in [0.25, 0.3) is 0 Å². The molecule has 0 unspecified atom stereocenters. The minimum atomic E-state index is -0.198. The zero-order valence-electron chi connectivity index (χ0n) is 13.6. The van der Waals surface area contributed by atoms with Crippen molar-refractivity contribution in [1.29, 1.82) is 5.26 Å². The molecule has 0 radical (unpaired) electrons. The number of thiophene rings is 1. The number of nitrogens with zero attached hydrogens (tertiary/aromatic N) is 3. The van der Waals surface area contributed by atoms with Crippen molar-refractivity contribution >= 4 is 34.8 Å². The van der Waals surface area contributed by atoms with Gasteiger partial charge in [0.1, 0.15) is 17.5 Å². The standard InChI is InChI=1S/C18H15N5OS2/c19-9-13-10-21-18(23-17(13)20)26-11-15(24)22-16(14-7-4-8-25-14)12-5-2-1-3-6-12/h1-8,10,16H,11H2,(H,22,24)(H2,20,21,23)/t16-/m1/s1. The Morgan fingerprint density at radius 3 is 2.77 bits per heavy atom. The smallest absolute Gasteiger partial charge is 0.231 e. The Morgan fingerprint density at radius 2 is 2.12 bits per heavy atom. The Kier molecular flexibility index (Phi) is 5.84. The number of thioether (sulfide) groups is 1. The maximum atomic E-state index is 12.4. The molecule has 0 aliphatic carbocycles. The minimum absolute atomic E-state index is 0.117. The largest absolute Gasteiger partial charge is 0.382 e. The maximum Gasteiger partial charge on any atom is 0.231 e. The molecule has 130 valence electrons. The third-order valence-corrected chi connectivity index (χ3v) is 5.31. The summed E-state index contributed by atoms with van der Waals surface area (Å²) < 4.78 is 0. The second-order valence-corrected chi connectivity index (χ2v) is 7.20. The van der Waals surface area contributed by atoms with Crippen LogP contribution in [0.15, 0.2) is 59.2 Å². The topological polar surface area (TPSA) is 105 Å². The third-order valence-electron chi connectivity index (χ3n) is 3.51. The van der Waals surface area contributed by atoms with E-state index in [1.807, 2.05) is 53.9 Å². The van der Waals surface area contributed by atoms with Crippen molar-refractivity contribution in [2.45, 2.75) is 11.2 Å². The van der Waals surface area contributed by atoms with Crippen molar-refractivity contribution in [3.63, 3.8) is 0 Å². The minimum Gasteiger partial charge on any atom is -0.382 e. The van der Waals surface area contributed by atoms with Gasteiger partial charge in [0, 0.05) is 4.88 Å². The summed E-state index contributed by atoms with van der Waals surface area (Å²) >= 11 is 2.77. The normalized spacial score (nSPS) is 11.5. The average molecular weight is 381 g/mol. The molecule has 0 bridgehead atoms. The van der Waals surface area contributed by atoms with Gasteiger partial charge in [-0.3, -0.25) is 4.79 Å². The number of aromatic nitrogens is 2. The first-order valence-corrected chi connectivity index (χ1v) is 9.57. The lowest BCUT2D eigenvalue weighted by Gasteiger charge is -2.18. The molecule has 1 atom stereocenters. The number of nitrogens with one attached hydrogen (secondary N) is 1. The number of carbonyl (C=O) groups excluding carboxylic acids is 1. The fourth-order valence-electron chi connectivity index (χ4n) is 2.29. The number of amides is 1. The highest BCUT2D eigenvalue weighted by Gasteiger charge is 2.18. The van der Waals surface area contributed by atoms with Gasteiger partial charge in [0.15, 0.2) is 5.16 Å². The van der Waals surface area contributed by atoms with Gasteiger partial charge in [-0.15, -0.1) is 11.3 Å². The predicted molar refractivity (Wildman–Crippen MR) is 103 cm³/mol. The summed E-state index contributed by atoms with van der Waals surface area (Å²) in [5, 5.41) is 14.3. The highest BCUT2D eigenvalue weighted by Crippen LogP contribution is 2.26. The summed E-state index contributed by atoms with van der Waals surface area (Å²) in [6.07, 6.45) is 1.36. The molecule has 0 aliphatic rings. The SMILES string of the molecule is N#Cc1cnc(SCC(=O)N[C@H](c2ccccc2)c2cccs2)nc1N. The molecule has 26 heavy (non-hydrogen) atoms. The van der Waals surface area contributed by atoms with E-state index in [1.165, 1.54) is 18.0 Å². The molecular formula is C18H15N5OS2. The van der Waals surface area contributed by atoms with Crippen molar-refractivity contribution in [2.75, 3.05) is 11.5 Å². The fraction of sp³-hybridized carbons (Fsp3) is 0.111.